The van der Waals surface area contributed by atoms with Crippen molar-refractivity contribution in [2.75, 3.05) is 26.7 Å². The summed E-state index contributed by atoms with van der Waals surface area (Å²) in [4.78, 5) is 66.2. The number of aromatic nitrogens is 2. The van der Waals surface area contributed by atoms with Crippen LogP contribution in [0.3, 0.4) is 0 Å². The molecule has 1 saturated heterocycles. The van der Waals surface area contributed by atoms with E-state index in [0.717, 1.165) is 33.6 Å². The van der Waals surface area contributed by atoms with Crippen LogP contribution in [-0.4, -0.2) is 99.8 Å². The average molecular weight is 820 g/mol. The van der Waals surface area contributed by atoms with Gasteiger partial charge >= 0.3 is 12.1 Å². The van der Waals surface area contributed by atoms with Crippen molar-refractivity contribution in [2.45, 2.75) is 98.0 Å². The van der Waals surface area contributed by atoms with Gasteiger partial charge < -0.3 is 35.6 Å². The third-order valence-corrected chi connectivity index (χ3v) is 10.8. The van der Waals surface area contributed by atoms with Gasteiger partial charge in [-0.05, 0) is 77.5 Å². The van der Waals surface area contributed by atoms with Crippen LogP contribution >= 0.6 is 0 Å². The summed E-state index contributed by atoms with van der Waals surface area (Å²) in [6, 6.07) is 24.9. The standard InChI is InChI=1S/C47H61N7O6/c1-32-13-11-17-37(50-32)30-53-23-24-54(45(53)59)42(46(2,3)4)43(57)51-38(25-33-14-9-8-10-15-33)27-40(55)39(52-41(56)28-47(5,6)31-49-44(58)60-7)26-34-18-20-35(21-19-34)36-16-12-22-48-29-36/h8-22,29,38-40,42,55H,23-28,30-31H2,1-7H3,(H,49,58)(H,51,57)(H,52,56). The SMILES string of the molecule is COC(=O)NCC(C)(C)CC(=O)NC(Cc1ccc(-c2cccnc2)cc1)C(O)CC(Cc1ccccc1)NC(=O)C(N1CCN(Cc2cccc(C)n2)C1=O)C(C)(C)C. The summed E-state index contributed by atoms with van der Waals surface area (Å²) in [6.07, 6.45) is 2.75. The van der Waals surface area contributed by atoms with Gasteiger partial charge in [-0.3, -0.25) is 19.6 Å². The molecule has 0 radical (unpaired) electrons. The second-order valence-corrected chi connectivity index (χ2v) is 17.6. The van der Waals surface area contributed by atoms with Crippen molar-refractivity contribution in [3.63, 3.8) is 0 Å². The number of methoxy groups -OCH3 is 1. The minimum absolute atomic E-state index is 0.0679. The van der Waals surface area contributed by atoms with E-state index in [1.54, 1.807) is 22.2 Å². The Morgan fingerprint density at radius 2 is 1.57 bits per heavy atom. The van der Waals surface area contributed by atoms with Gasteiger partial charge in [0.05, 0.1) is 31.5 Å². The molecule has 3 heterocycles. The number of urea groups is 1. The molecule has 0 saturated carbocycles. The second kappa shape index (κ2) is 20.4. The lowest BCUT2D eigenvalue weighted by molar-refractivity contribution is -0.130. The minimum atomic E-state index is -1.09. The van der Waals surface area contributed by atoms with Gasteiger partial charge in [0, 0.05) is 50.2 Å². The van der Waals surface area contributed by atoms with E-state index < -0.39 is 41.2 Å². The lowest BCUT2D eigenvalue weighted by atomic mass is 9.84. The van der Waals surface area contributed by atoms with E-state index in [9.17, 15) is 24.3 Å². The molecule has 320 valence electrons. The number of alkyl carbamates (subject to hydrolysis) is 1. The Balaban J connectivity index is 1.37. The Hall–Kier alpha value is -5.82. The largest absolute Gasteiger partial charge is 0.453 e. The molecule has 0 bridgehead atoms. The van der Waals surface area contributed by atoms with Crippen LogP contribution in [0.4, 0.5) is 9.59 Å². The number of aliphatic hydroxyl groups excluding tert-OH is 1. The average Bonchev–Trinajstić information content (AvgIpc) is 3.54. The highest BCUT2D eigenvalue weighted by atomic mass is 16.5. The number of rotatable bonds is 18. The first kappa shape index (κ1) is 45.3. The fraction of sp³-hybridized carbons (Fsp3) is 0.447. The Morgan fingerprint density at radius 1 is 0.850 bits per heavy atom. The first-order valence-electron chi connectivity index (χ1n) is 20.6. The van der Waals surface area contributed by atoms with Gasteiger partial charge in [0.25, 0.3) is 0 Å². The highest BCUT2D eigenvalue weighted by Gasteiger charge is 2.44. The van der Waals surface area contributed by atoms with Crippen LogP contribution in [0.15, 0.2) is 97.3 Å². The number of nitrogens with one attached hydrogen (secondary N) is 3. The van der Waals surface area contributed by atoms with Crippen LogP contribution in [0, 0.1) is 17.8 Å². The number of carbonyl (C=O) groups is 4. The predicted molar refractivity (Wildman–Crippen MR) is 232 cm³/mol. The number of carbonyl (C=O) groups excluding carboxylic acids is 4. The molecule has 5 amide bonds. The van der Waals surface area contributed by atoms with Crippen molar-refractivity contribution in [3.8, 4) is 11.1 Å². The summed E-state index contributed by atoms with van der Waals surface area (Å²) in [5.41, 5.74) is 4.22. The quantitative estimate of drug-likeness (QED) is 0.0938. The van der Waals surface area contributed by atoms with Crippen molar-refractivity contribution in [1.29, 1.82) is 0 Å². The van der Waals surface area contributed by atoms with Crippen LogP contribution in [0.1, 0.15) is 70.0 Å². The maximum atomic E-state index is 14.6. The van der Waals surface area contributed by atoms with E-state index in [2.05, 4.69) is 25.9 Å². The molecule has 4 aromatic rings. The number of nitrogens with zero attached hydrogens (tertiary/aromatic N) is 4. The number of hydrogen-bond donors (Lipinski definition) is 4. The molecule has 1 aliphatic rings. The molecule has 5 rings (SSSR count). The summed E-state index contributed by atoms with van der Waals surface area (Å²) in [5, 5.41) is 21.2. The summed E-state index contributed by atoms with van der Waals surface area (Å²) in [6.45, 7) is 12.9. The molecule has 4 unspecified atom stereocenters. The highest BCUT2D eigenvalue weighted by Crippen LogP contribution is 2.29. The molecule has 2 aromatic carbocycles. The number of amides is 5. The fourth-order valence-electron chi connectivity index (χ4n) is 7.74. The lowest BCUT2D eigenvalue weighted by Crippen LogP contribution is -2.57. The van der Waals surface area contributed by atoms with Gasteiger partial charge in [-0.15, -0.1) is 0 Å². The van der Waals surface area contributed by atoms with Crippen molar-refractivity contribution >= 4 is 23.9 Å². The Kier molecular flexibility index (Phi) is 15.4. The molecule has 13 heteroatoms. The van der Waals surface area contributed by atoms with Crippen molar-refractivity contribution in [3.05, 3.63) is 120 Å². The molecule has 2 aromatic heterocycles. The van der Waals surface area contributed by atoms with Gasteiger partial charge in [0.1, 0.15) is 6.04 Å². The van der Waals surface area contributed by atoms with Gasteiger partial charge in [0.2, 0.25) is 11.8 Å². The fourth-order valence-corrected chi connectivity index (χ4v) is 7.74. The maximum absolute atomic E-state index is 14.6. The summed E-state index contributed by atoms with van der Waals surface area (Å²) in [5.74, 6) is -0.608. The highest BCUT2D eigenvalue weighted by molar-refractivity contribution is 5.89. The number of pyridine rings is 2. The Bertz CT molecular complexity index is 2040. The lowest BCUT2D eigenvalue weighted by Gasteiger charge is -2.38. The molecule has 1 fully saturated rings. The van der Waals surface area contributed by atoms with E-state index in [4.69, 9.17) is 4.74 Å². The number of ether oxygens (including phenoxy) is 1. The smallest absolute Gasteiger partial charge is 0.406 e. The van der Waals surface area contributed by atoms with Crippen LogP contribution < -0.4 is 16.0 Å². The summed E-state index contributed by atoms with van der Waals surface area (Å²) in [7, 11) is 1.28. The molecule has 13 nitrogen and oxygen atoms in total. The number of benzene rings is 2. The minimum Gasteiger partial charge on any atom is -0.453 e. The number of hydrogen-bond acceptors (Lipinski definition) is 8. The van der Waals surface area contributed by atoms with Gasteiger partial charge in [0.15, 0.2) is 0 Å². The van der Waals surface area contributed by atoms with Crippen LogP contribution in [0.25, 0.3) is 11.1 Å². The first-order chi connectivity index (χ1) is 28.5. The second-order valence-electron chi connectivity index (χ2n) is 17.6. The topological polar surface area (TPSA) is 166 Å². The number of aryl methyl sites for hydroxylation is 1. The Morgan fingerprint density at radius 3 is 2.22 bits per heavy atom. The first-order valence-corrected chi connectivity index (χ1v) is 20.6. The maximum Gasteiger partial charge on any atom is 0.406 e. The van der Waals surface area contributed by atoms with E-state index >= 15 is 0 Å². The molecule has 0 aliphatic carbocycles. The van der Waals surface area contributed by atoms with Crippen LogP contribution in [0.2, 0.25) is 0 Å². The zero-order valence-corrected chi connectivity index (χ0v) is 36.0. The number of aliphatic hydroxyl groups is 1. The van der Waals surface area contributed by atoms with Gasteiger partial charge in [-0.2, -0.15) is 0 Å². The van der Waals surface area contributed by atoms with Crippen molar-refractivity contribution in [1.82, 2.24) is 35.7 Å². The Labute approximate surface area is 354 Å². The monoisotopic (exact) mass is 819 g/mol. The third-order valence-electron chi connectivity index (χ3n) is 10.8. The molecule has 0 spiro atoms. The van der Waals surface area contributed by atoms with E-state index in [1.165, 1.54) is 7.11 Å². The summed E-state index contributed by atoms with van der Waals surface area (Å²) >= 11 is 0. The van der Waals surface area contributed by atoms with Crippen LogP contribution in [0.5, 0.6) is 0 Å². The summed E-state index contributed by atoms with van der Waals surface area (Å²) < 4.78 is 4.71. The molecule has 4 atom stereocenters. The van der Waals surface area contributed by atoms with Crippen molar-refractivity contribution < 1.29 is 29.0 Å². The third kappa shape index (κ3) is 13.1. The molecular weight excluding hydrogens is 759 g/mol. The van der Waals surface area contributed by atoms with Gasteiger partial charge in [-0.1, -0.05) is 101 Å². The van der Waals surface area contributed by atoms with Crippen LogP contribution in [-0.2, 0) is 33.7 Å². The molecule has 4 N–H and O–H groups in total. The molecular formula is C47H61N7O6. The predicted octanol–water partition coefficient (Wildman–Crippen LogP) is 6.08. The zero-order valence-electron chi connectivity index (χ0n) is 36.0. The van der Waals surface area contributed by atoms with E-state index in [1.807, 2.05) is 126 Å². The normalized spacial score (nSPS) is 15.2. The molecule has 1 aliphatic heterocycles. The van der Waals surface area contributed by atoms with E-state index in [0.29, 0.717) is 32.5 Å². The van der Waals surface area contributed by atoms with Gasteiger partial charge in [-0.25, -0.2) is 9.59 Å². The van der Waals surface area contributed by atoms with Crippen molar-refractivity contribution in [2.24, 2.45) is 10.8 Å². The molecule has 60 heavy (non-hydrogen) atoms. The van der Waals surface area contributed by atoms with E-state index in [-0.39, 0.29) is 37.2 Å². The zero-order chi connectivity index (χ0) is 43.5.